The van der Waals surface area contributed by atoms with Crippen molar-refractivity contribution >= 4 is 0 Å². The Morgan fingerprint density at radius 3 is 2.56 bits per heavy atom. The Bertz CT molecular complexity index is 184. The highest BCUT2D eigenvalue weighted by Crippen LogP contribution is 2.27. The summed E-state index contributed by atoms with van der Waals surface area (Å²) in [5.41, 5.74) is -0.350. The van der Waals surface area contributed by atoms with Gasteiger partial charge in [0.1, 0.15) is 0 Å². The van der Waals surface area contributed by atoms with Crippen LogP contribution < -0.4 is 0 Å². The highest BCUT2D eigenvalue weighted by Gasteiger charge is 2.28. The standard InChI is InChI=1S/C14H29NO/c1-3-4-5-6-7-9-14(16)10-8-12-15(2)13-11-14/h16H,3-13H2,1-2H3. The third-order valence-corrected chi connectivity index (χ3v) is 3.89. The van der Waals surface area contributed by atoms with Crippen LogP contribution in [0.4, 0.5) is 0 Å². The predicted octanol–water partition coefficient (Wildman–Crippen LogP) is 3.19. The minimum absolute atomic E-state index is 0.350. The summed E-state index contributed by atoms with van der Waals surface area (Å²) in [7, 11) is 2.16. The topological polar surface area (TPSA) is 23.5 Å². The van der Waals surface area contributed by atoms with E-state index in [-0.39, 0.29) is 5.60 Å². The maximum Gasteiger partial charge on any atom is 0.0660 e. The quantitative estimate of drug-likeness (QED) is 0.704. The van der Waals surface area contributed by atoms with Gasteiger partial charge in [-0.25, -0.2) is 0 Å². The maximum atomic E-state index is 10.5. The van der Waals surface area contributed by atoms with Crippen molar-refractivity contribution in [2.45, 2.75) is 70.3 Å². The number of likely N-dealkylation sites (tertiary alicyclic amines) is 1. The molecule has 0 spiro atoms. The fraction of sp³-hybridized carbons (Fsp3) is 1.00. The van der Waals surface area contributed by atoms with Gasteiger partial charge in [0.15, 0.2) is 0 Å². The summed E-state index contributed by atoms with van der Waals surface area (Å²) in [6.45, 7) is 4.46. The maximum absolute atomic E-state index is 10.5. The van der Waals surface area contributed by atoms with Crippen LogP contribution in [0.3, 0.4) is 0 Å². The van der Waals surface area contributed by atoms with Crippen molar-refractivity contribution in [3.05, 3.63) is 0 Å². The van der Waals surface area contributed by atoms with E-state index in [1.54, 1.807) is 0 Å². The molecule has 1 unspecified atom stereocenters. The van der Waals surface area contributed by atoms with Crippen molar-refractivity contribution in [1.82, 2.24) is 4.90 Å². The molecule has 1 aliphatic rings. The first-order chi connectivity index (χ1) is 7.66. The second-order valence-electron chi connectivity index (χ2n) is 5.55. The molecule has 2 nitrogen and oxygen atoms in total. The second kappa shape index (κ2) is 7.29. The van der Waals surface area contributed by atoms with Crippen LogP contribution in [-0.4, -0.2) is 35.7 Å². The zero-order valence-electron chi connectivity index (χ0n) is 11.2. The third-order valence-electron chi connectivity index (χ3n) is 3.89. The molecule has 0 saturated carbocycles. The summed E-state index contributed by atoms with van der Waals surface area (Å²) in [6, 6.07) is 0. The van der Waals surface area contributed by atoms with Crippen LogP contribution in [0.1, 0.15) is 64.7 Å². The Morgan fingerprint density at radius 2 is 1.81 bits per heavy atom. The van der Waals surface area contributed by atoms with E-state index in [0.29, 0.717) is 0 Å². The highest BCUT2D eigenvalue weighted by atomic mass is 16.3. The smallest absolute Gasteiger partial charge is 0.0660 e. The summed E-state index contributed by atoms with van der Waals surface area (Å²) in [5.74, 6) is 0. The van der Waals surface area contributed by atoms with Gasteiger partial charge < -0.3 is 10.0 Å². The van der Waals surface area contributed by atoms with Crippen molar-refractivity contribution in [3.8, 4) is 0 Å². The van der Waals surface area contributed by atoms with Crippen molar-refractivity contribution in [2.75, 3.05) is 20.1 Å². The van der Waals surface area contributed by atoms with E-state index in [1.165, 1.54) is 32.1 Å². The normalized spacial score (nSPS) is 27.9. The molecule has 0 amide bonds. The summed E-state index contributed by atoms with van der Waals surface area (Å²) in [4.78, 5) is 2.34. The lowest BCUT2D eigenvalue weighted by molar-refractivity contribution is 0.0151. The second-order valence-corrected chi connectivity index (χ2v) is 5.55. The minimum Gasteiger partial charge on any atom is -0.390 e. The van der Waals surface area contributed by atoms with Gasteiger partial charge in [0.25, 0.3) is 0 Å². The lowest BCUT2D eigenvalue weighted by Gasteiger charge is -2.26. The van der Waals surface area contributed by atoms with E-state index < -0.39 is 0 Å². The van der Waals surface area contributed by atoms with Crippen LogP contribution >= 0.6 is 0 Å². The first kappa shape index (κ1) is 14.0. The highest BCUT2D eigenvalue weighted by molar-refractivity contribution is 4.82. The molecule has 0 aliphatic carbocycles. The predicted molar refractivity (Wildman–Crippen MR) is 69.7 cm³/mol. The van der Waals surface area contributed by atoms with Crippen molar-refractivity contribution in [3.63, 3.8) is 0 Å². The summed E-state index contributed by atoms with van der Waals surface area (Å²) < 4.78 is 0. The number of nitrogens with zero attached hydrogens (tertiary/aromatic N) is 1. The van der Waals surface area contributed by atoms with E-state index in [4.69, 9.17) is 0 Å². The van der Waals surface area contributed by atoms with E-state index in [0.717, 1.165) is 38.8 Å². The van der Waals surface area contributed by atoms with Crippen LogP contribution in [0.2, 0.25) is 0 Å². The number of unbranched alkanes of at least 4 members (excludes halogenated alkanes) is 4. The minimum atomic E-state index is -0.350. The average molecular weight is 227 g/mol. The molecule has 0 aromatic carbocycles. The van der Waals surface area contributed by atoms with Gasteiger partial charge in [-0.3, -0.25) is 0 Å². The number of hydrogen-bond acceptors (Lipinski definition) is 2. The number of aliphatic hydroxyl groups is 1. The molecule has 16 heavy (non-hydrogen) atoms. The van der Waals surface area contributed by atoms with Crippen molar-refractivity contribution in [2.24, 2.45) is 0 Å². The Kier molecular flexibility index (Phi) is 6.37. The first-order valence-corrected chi connectivity index (χ1v) is 7.07. The molecule has 1 N–H and O–H groups in total. The molecular formula is C14H29NO. The monoisotopic (exact) mass is 227 g/mol. The first-order valence-electron chi connectivity index (χ1n) is 7.07. The van der Waals surface area contributed by atoms with Gasteiger partial charge in [0.2, 0.25) is 0 Å². The van der Waals surface area contributed by atoms with Crippen LogP contribution in [0.15, 0.2) is 0 Å². The lowest BCUT2D eigenvalue weighted by Crippen LogP contribution is -2.30. The molecule has 0 bridgehead atoms. The van der Waals surface area contributed by atoms with E-state index >= 15 is 0 Å². The van der Waals surface area contributed by atoms with Gasteiger partial charge in [-0.2, -0.15) is 0 Å². The van der Waals surface area contributed by atoms with Gasteiger partial charge in [0, 0.05) is 6.54 Å². The van der Waals surface area contributed by atoms with Crippen LogP contribution in [0.5, 0.6) is 0 Å². The zero-order valence-corrected chi connectivity index (χ0v) is 11.2. The SMILES string of the molecule is CCCCCCCC1(O)CCCN(C)CC1. The van der Waals surface area contributed by atoms with Crippen molar-refractivity contribution < 1.29 is 5.11 Å². The average Bonchev–Trinajstić information content (AvgIpc) is 2.42. The van der Waals surface area contributed by atoms with Crippen LogP contribution in [0.25, 0.3) is 0 Å². The summed E-state index contributed by atoms with van der Waals surface area (Å²) in [6.07, 6.45) is 10.6. The Hall–Kier alpha value is -0.0800. The number of rotatable bonds is 6. The zero-order chi connectivity index (χ0) is 11.9. The molecule has 1 saturated heterocycles. The van der Waals surface area contributed by atoms with Crippen molar-refractivity contribution in [1.29, 1.82) is 0 Å². The molecule has 96 valence electrons. The fourth-order valence-corrected chi connectivity index (χ4v) is 2.62. The Balaban J connectivity index is 2.17. The van der Waals surface area contributed by atoms with E-state index in [1.807, 2.05) is 0 Å². The summed E-state index contributed by atoms with van der Waals surface area (Å²) >= 11 is 0. The largest absolute Gasteiger partial charge is 0.390 e. The third kappa shape index (κ3) is 5.31. The Morgan fingerprint density at radius 1 is 1.06 bits per heavy atom. The van der Waals surface area contributed by atoms with Crippen LogP contribution in [0, 0.1) is 0 Å². The van der Waals surface area contributed by atoms with Gasteiger partial charge in [-0.15, -0.1) is 0 Å². The molecule has 0 aromatic heterocycles. The number of hydrogen-bond donors (Lipinski definition) is 1. The van der Waals surface area contributed by atoms with Gasteiger partial charge in [0.05, 0.1) is 5.60 Å². The Labute approximate surface area is 101 Å². The summed E-state index contributed by atoms with van der Waals surface area (Å²) in [5, 5.41) is 10.5. The van der Waals surface area contributed by atoms with Gasteiger partial charge in [-0.05, 0) is 39.3 Å². The molecule has 0 radical (unpaired) electrons. The van der Waals surface area contributed by atoms with Gasteiger partial charge in [-0.1, -0.05) is 39.0 Å². The molecule has 1 aliphatic heterocycles. The molecule has 1 fully saturated rings. The molecule has 1 rings (SSSR count). The molecule has 2 heteroatoms. The fourth-order valence-electron chi connectivity index (χ4n) is 2.62. The molecular weight excluding hydrogens is 198 g/mol. The van der Waals surface area contributed by atoms with Gasteiger partial charge >= 0.3 is 0 Å². The molecule has 1 heterocycles. The molecule has 0 aromatic rings. The van der Waals surface area contributed by atoms with E-state index in [9.17, 15) is 5.11 Å². The lowest BCUT2D eigenvalue weighted by atomic mass is 9.89. The van der Waals surface area contributed by atoms with E-state index in [2.05, 4.69) is 18.9 Å². The molecule has 1 atom stereocenters. The van der Waals surface area contributed by atoms with Crippen LogP contribution in [-0.2, 0) is 0 Å².